The second-order valence-corrected chi connectivity index (χ2v) is 4.31. The molecule has 2 aromatic heterocycles. The van der Waals surface area contributed by atoms with Crippen molar-refractivity contribution in [1.82, 2.24) is 14.5 Å². The van der Waals surface area contributed by atoms with Crippen molar-refractivity contribution in [3.8, 4) is 0 Å². The van der Waals surface area contributed by atoms with Crippen LogP contribution in [0.1, 0.15) is 19.8 Å². The van der Waals surface area contributed by atoms with Gasteiger partial charge in [-0.2, -0.15) is 0 Å². The van der Waals surface area contributed by atoms with E-state index in [9.17, 15) is 4.79 Å². The molecule has 0 aliphatic heterocycles. The Morgan fingerprint density at radius 1 is 1.44 bits per heavy atom. The molecule has 0 fully saturated rings. The summed E-state index contributed by atoms with van der Waals surface area (Å²) in [4.78, 5) is 18.7. The Bertz CT molecular complexity index is 553. The molecule has 0 spiro atoms. The third-order valence-corrected chi connectivity index (χ3v) is 2.88. The molecule has 2 rings (SSSR count). The maximum atomic E-state index is 10.6. The Labute approximate surface area is 110 Å². The number of carbonyl (C=O) groups is 1. The Kier molecular flexibility index (Phi) is 4.15. The lowest BCUT2D eigenvalue weighted by Gasteiger charge is -2.06. The molecule has 18 heavy (non-hydrogen) atoms. The van der Waals surface area contributed by atoms with E-state index in [1.807, 2.05) is 16.8 Å². The van der Waals surface area contributed by atoms with Gasteiger partial charge in [0.25, 0.3) is 0 Å². The number of esters is 1. The second kappa shape index (κ2) is 5.82. The van der Waals surface area contributed by atoms with Gasteiger partial charge in [0.15, 0.2) is 5.15 Å². The summed E-state index contributed by atoms with van der Waals surface area (Å²) in [5.41, 5.74) is 1.70. The predicted octanol–water partition coefficient (Wildman–Crippen LogP) is 2.43. The van der Waals surface area contributed by atoms with Crippen LogP contribution in [0.5, 0.6) is 0 Å². The number of aryl methyl sites for hydroxylation is 1. The maximum absolute atomic E-state index is 10.6. The average molecular weight is 268 g/mol. The standard InChI is InChI=1S/C12H14ClN3O2/c1-9(17)18-7-3-2-5-16-6-4-10-11(16)12(13)15-8-14-10/h4,6,8H,2-3,5,7H2,1H3. The van der Waals surface area contributed by atoms with Crippen LogP contribution >= 0.6 is 11.6 Å². The molecular weight excluding hydrogens is 254 g/mol. The molecule has 0 N–H and O–H groups in total. The van der Waals surface area contributed by atoms with Crippen LogP contribution in [0.4, 0.5) is 0 Å². The van der Waals surface area contributed by atoms with Crippen molar-refractivity contribution >= 4 is 28.6 Å². The molecule has 0 bridgehead atoms. The Balaban J connectivity index is 1.94. The number of carbonyl (C=O) groups excluding carboxylic acids is 1. The van der Waals surface area contributed by atoms with Crippen LogP contribution in [0.2, 0.25) is 5.15 Å². The summed E-state index contributed by atoms with van der Waals surface area (Å²) in [5.74, 6) is -0.238. The lowest BCUT2D eigenvalue weighted by molar-refractivity contribution is -0.141. The third-order valence-electron chi connectivity index (χ3n) is 2.60. The molecule has 5 nitrogen and oxygen atoms in total. The number of fused-ring (bicyclic) bond motifs is 1. The van der Waals surface area contributed by atoms with Crippen molar-refractivity contribution in [2.24, 2.45) is 0 Å². The highest BCUT2D eigenvalue weighted by Crippen LogP contribution is 2.20. The number of aromatic nitrogens is 3. The van der Waals surface area contributed by atoms with Gasteiger partial charge >= 0.3 is 5.97 Å². The van der Waals surface area contributed by atoms with Crippen LogP contribution in [0.25, 0.3) is 11.0 Å². The van der Waals surface area contributed by atoms with E-state index in [2.05, 4.69) is 9.97 Å². The molecule has 0 atom stereocenters. The van der Waals surface area contributed by atoms with Gasteiger partial charge in [0.2, 0.25) is 0 Å². The van der Waals surface area contributed by atoms with E-state index < -0.39 is 0 Å². The normalized spacial score (nSPS) is 10.8. The molecule has 0 radical (unpaired) electrons. The summed E-state index contributed by atoms with van der Waals surface area (Å²) in [6.45, 7) is 2.67. The summed E-state index contributed by atoms with van der Waals surface area (Å²) in [7, 11) is 0. The fourth-order valence-corrected chi connectivity index (χ4v) is 2.03. The molecule has 6 heteroatoms. The van der Waals surface area contributed by atoms with Crippen molar-refractivity contribution in [3.63, 3.8) is 0 Å². The van der Waals surface area contributed by atoms with Gasteiger partial charge in [0, 0.05) is 19.7 Å². The highest BCUT2D eigenvalue weighted by molar-refractivity contribution is 6.33. The molecule has 0 amide bonds. The lowest BCUT2D eigenvalue weighted by Crippen LogP contribution is -2.03. The van der Waals surface area contributed by atoms with E-state index in [0.29, 0.717) is 11.8 Å². The maximum Gasteiger partial charge on any atom is 0.302 e. The Hall–Kier alpha value is -1.62. The van der Waals surface area contributed by atoms with Crippen LogP contribution < -0.4 is 0 Å². The molecule has 2 aromatic rings. The van der Waals surface area contributed by atoms with E-state index in [1.165, 1.54) is 13.3 Å². The minimum atomic E-state index is -0.238. The first-order valence-electron chi connectivity index (χ1n) is 5.77. The molecule has 96 valence electrons. The summed E-state index contributed by atoms with van der Waals surface area (Å²) >= 11 is 6.04. The SMILES string of the molecule is CC(=O)OCCCCn1ccc2ncnc(Cl)c21. The fraction of sp³-hybridized carbons (Fsp3) is 0.417. The van der Waals surface area contributed by atoms with Crippen LogP contribution in [-0.2, 0) is 16.1 Å². The van der Waals surface area contributed by atoms with Gasteiger partial charge in [-0.3, -0.25) is 4.79 Å². The van der Waals surface area contributed by atoms with Gasteiger partial charge in [-0.1, -0.05) is 11.6 Å². The second-order valence-electron chi connectivity index (χ2n) is 3.95. The minimum Gasteiger partial charge on any atom is -0.466 e. The van der Waals surface area contributed by atoms with E-state index >= 15 is 0 Å². The first-order chi connectivity index (χ1) is 8.68. The average Bonchev–Trinajstić information content (AvgIpc) is 2.73. The Morgan fingerprint density at radius 3 is 3.06 bits per heavy atom. The number of nitrogens with zero attached hydrogens (tertiary/aromatic N) is 3. The fourth-order valence-electron chi connectivity index (χ4n) is 1.78. The van der Waals surface area contributed by atoms with Crippen LogP contribution in [0.15, 0.2) is 18.6 Å². The zero-order chi connectivity index (χ0) is 13.0. The monoisotopic (exact) mass is 267 g/mol. The van der Waals surface area contributed by atoms with Crippen LogP contribution in [0.3, 0.4) is 0 Å². The number of ether oxygens (including phenoxy) is 1. The summed E-state index contributed by atoms with van der Waals surface area (Å²) in [6.07, 6.45) is 5.12. The number of unbranched alkanes of at least 4 members (excludes halogenated alkanes) is 1. The summed E-state index contributed by atoms with van der Waals surface area (Å²) in [5, 5.41) is 0.463. The number of hydrogen-bond acceptors (Lipinski definition) is 4. The number of halogens is 1. The van der Waals surface area contributed by atoms with E-state index in [1.54, 1.807) is 0 Å². The first-order valence-corrected chi connectivity index (χ1v) is 6.15. The molecule has 0 unspecified atom stereocenters. The third kappa shape index (κ3) is 2.98. The lowest BCUT2D eigenvalue weighted by atomic mass is 10.3. The zero-order valence-electron chi connectivity index (χ0n) is 10.1. The topological polar surface area (TPSA) is 57.0 Å². The van der Waals surface area contributed by atoms with Crippen LogP contribution in [-0.4, -0.2) is 27.1 Å². The zero-order valence-corrected chi connectivity index (χ0v) is 10.9. The molecule has 2 heterocycles. The van der Waals surface area contributed by atoms with E-state index in [0.717, 1.165) is 30.4 Å². The molecule has 0 aliphatic rings. The molecular formula is C12H14ClN3O2. The first kappa shape index (κ1) is 12.8. The van der Waals surface area contributed by atoms with Gasteiger partial charge in [-0.25, -0.2) is 9.97 Å². The van der Waals surface area contributed by atoms with Gasteiger partial charge < -0.3 is 9.30 Å². The van der Waals surface area contributed by atoms with Crippen LogP contribution in [0, 0.1) is 0 Å². The smallest absolute Gasteiger partial charge is 0.302 e. The quantitative estimate of drug-likeness (QED) is 0.474. The summed E-state index contributed by atoms with van der Waals surface area (Å²) < 4.78 is 6.89. The van der Waals surface area contributed by atoms with Crippen molar-refractivity contribution < 1.29 is 9.53 Å². The largest absolute Gasteiger partial charge is 0.466 e. The molecule has 0 saturated carbocycles. The Morgan fingerprint density at radius 2 is 2.28 bits per heavy atom. The number of hydrogen-bond donors (Lipinski definition) is 0. The predicted molar refractivity (Wildman–Crippen MR) is 68.4 cm³/mol. The highest BCUT2D eigenvalue weighted by Gasteiger charge is 2.06. The van der Waals surface area contributed by atoms with Crippen molar-refractivity contribution in [1.29, 1.82) is 0 Å². The van der Waals surface area contributed by atoms with Gasteiger partial charge in [-0.15, -0.1) is 0 Å². The highest BCUT2D eigenvalue weighted by atomic mass is 35.5. The molecule has 0 saturated heterocycles. The van der Waals surface area contributed by atoms with Crippen molar-refractivity contribution in [3.05, 3.63) is 23.7 Å². The summed E-state index contributed by atoms with van der Waals surface area (Å²) in [6, 6.07) is 1.91. The van der Waals surface area contributed by atoms with Gasteiger partial charge in [0.05, 0.1) is 12.1 Å². The minimum absolute atomic E-state index is 0.238. The van der Waals surface area contributed by atoms with Gasteiger partial charge in [0.1, 0.15) is 11.8 Å². The van der Waals surface area contributed by atoms with E-state index in [-0.39, 0.29) is 5.97 Å². The number of rotatable bonds is 5. The van der Waals surface area contributed by atoms with Gasteiger partial charge in [-0.05, 0) is 18.9 Å². The molecule has 0 aromatic carbocycles. The van der Waals surface area contributed by atoms with Crippen molar-refractivity contribution in [2.45, 2.75) is 26.3 Å². The van der Waals surface area contributed by atoms with Crippen molar-refractivity contribution in [2.75, 3.05) is 6.61 Å². The molecule has 0 aliphatic carbocycles. The van der Waals surface area contributed by atoms with E-state index in [4.69, 9.17) is 16.3 Å².